The highest BCUT2D eigenvalue weighted by Gasteiger charge is 2.30. The van der Waals surface area contributed by atoms with E-state index in [1.165, 1.54) is 5.56 Å². The van der Waals surface area contributed by atoms with Crippen molar-refractivity contribution >= 4 is 5.91 Å². The van der Waals surface area contributed by atoms with Crippen molar-refractivity contribution < 1.29 is 4.79 Å². The van der Waals surface area contributed by atoms with Crippen LogP contribution in [0.15, 0.2) is 24.5 Å². The molecule has 0 aromatic carbocycles. The van der Waals surface area contributed by atoms with E-state index in [1.54, 1.807) is 0 Å². The van der Waals surface area contributed by atoms with Crippen LogP contribution < -0.4 is 5.73 Å². The van der Waals surface area contributed by atoms with Crippen LogP contribution in [0.2, 0.25) is 0 Å². The molecule has 0 aliphatic carbocycles. The van der Waals surface area contributed by atoms with Gasteiger partial charge in [0.25, 0.3) is 0 Å². The molecule has 0 bridgehead atoms. The van der Waals surface area contributed by atoms with Gasteiger partial charge in [-0.3, -0.25) is 14.7 Å². The van der Waals surface area contributed by atoms with Gasteiger partial charge in [0.1, 0.15) is 0 Å². The monoisotopic (exact) mass is 302 g/mol. The lowest BCUT2D eigenvalue weighted by Crippen LogP contribution is -2.47. The van der Waals surface area contributed by atoms with Gasteiger partial charge in [-0.2, -0.15) is 0 Å². The van der Waals surface area contributed by atoms with Gasteiger partial charge in [-0.1, -0.05) is 0 Å². The molecule has 2 aliphatic heterocycles. The predicted molar refractivity (Wildman–Crippen MR) is 86.0 cm³/mol. The zero-order valence-electron chi connectivity index (χ0n) is 13.2. The van der Waals surface area contributed by atoms with Crippen molar-refractivity contribution in [3.8, 4) is 0 Å². The Kier molecular flexibility index (Phi) is 5.05. The number of likely N-dealkylation sites (tertiary alicyclic amines) is 2. The number of aromatic nitrogens is 1. The first kappa shape index (κ1) is 15.4. The van der Waals surface area contributed by atoms with Crippen LogP contribution in [0.4, 0.5) is 0 Å². The smallest absolute Gasteiger partial charge is 0.225 e. The Bertz CT molecular complexity index is 477. The summed E-state index contributed by atoms with van der Waals surface area (Å²) in [6, 6.07) is 4.41. The molecule has 0 radical (unpaired) electrons. The minimum atomic E-state index is 0.211. The highest BCUT2D eigenvalue weighted by molar-refractivity contribution is 5.79. The standard InChI is InChI=1S/C17H26N4O/c18-16-5-11-21(12-6-16)17(22)15-3-9-20(10-4-15)13-14-1-7-19-8-2-14/h1-2,7-8,15-16H,3-6,9-13,18H2. The number of piperidine rings is 2. The van der Waals surface area contributed by atoms with Crippen LogP contribution in [0.3, 0.4) is 0 Å². The highest BCUT2D eigenvalue weighted by Crippen LogP contribution is 2.22. The van der Waals surface area contributed by atoms with Crippen molar-refractivity contribution in [1.29, 1.82) is 0 Å². The van der Waals surface area contributed by atoms with E-state index in [-0.39, 0.29) is 12.0 Å². The normalized spacial score (nSPS) is 22.0. The lowest BCUT2D eigenvalue weighted by molar-refractivity contribution is -0.138. The van der Waals surface area contributed by atoms with E-state index >= 15 is 0 Å². The van der Waals surface area contributed by atoms with Gasteiger partial charge in [0.05, 0.1) is 0 Å². The van der Waals surface area contributed by atoms with Crippen molar-refractivity contribution in [3.05, 3.63) is 30.1 Å². The molecule has 0 spiro atoms. The fourth-order valence-corrected chi connectivity index (χ4v) is 3.46. The third kappa shape index (κ3) is 3.84. The number of hydrogen-bond donors (Lipinski definition) is 1. The lowest BCUT2D eigenvalue weighted by atomic mass is 9.93. The molecule has 22 heavy (non-hydrogen) atoms. The van der Waals surface area contributed by atoms with Crippen molar-refractivity contribution in [1.82, 2.24) is 14.8 Å². The number of nitrogens with zero attached hydrogens (tertiary/aromatic N) is 3. The van der Waals surface area contributed by atoms with Gasteiger partial charge in [-0.25, -0.2) is 0 Å². The maximum absolute atomic E-state index is 12.6. The van der Waals surface area contributed by atoms with Gasteiger partial charge in [-0.05, 0) is 56.5 Å². The third-order valence-electron chi connectivity index (χ3n) is 4.94. The summed E-state index contributed by atoms with van der Waals surface area (Å²) in [5.74, 6) is 0.568. The number of nitrogens with two attached hydrogens (primary N) is 1. The summed E-state index contributed by atoms with van der Waals surface area (Å²) in [5, 5.41) is 0. The van der Waals surface area contributed by atoms with E-state index in [0.29, 0.717) is 5.91 Å². The summed E-state index contributed by atoms with van der Waals surface area (Å²) in [6.45, 7) is 4.66. The van der Waals surface area contributed by atoms with Crippen LogP contribution >= 0.6 is 0 Å². The first-order valence-corrected chi connectivity index (χ1v) is 8.38. The van der Waals surface area contributed by atoms with E-state index < -0.39 is 0 Å². The second-order valence-corrected chi connectivity index (χ2v) is 6.57. The fraction of sp³-hybridized carbons (Fsp3) is 0.647. The van der Waals surface area contributed by atoms with Crippen LogP contribution in [0, 0.1) is 5.92 Å². The first-order chi connectivity index (χ1) is 10.7. The average molecular weight is 302 g/mol. The van der Waals surface area contributed by atoms with E-state index in [1.807, 2.05) is 17.3 Å². The average Bonchev–Trinajstić information content (AvgIpc) is 2.57. The summed E-state index contributed by atoms with van der Waals surface area (Å²) in [5.41, 5.74) is 7.21. The maximum Gasteiger partial charge on any atom is 0.225 e. The van der Waals surface area contributed by atoms with Crippen LogP contribution in [-0.2, 0) is 11.3 Å². The van der Waals surface area contributed by atoms with Crippen LogP contribution in [0.1, 0.15) is 31.2 Å². The van der Waals surface area contributed by atoms with Crippen molar-refractivity contribution in [3.63, 3.8) is 0 Å². The first-order valence-electron chi connectivity index (χ1n) is 8.38. The number of pyridine rings is 1. The van der Waals surface area contributed by atoms with Gasteiger partial charge in [0, 0.05) is 44.0 Å². The Labute approximate surface area is 132 Å². The fourth-order valence-electron chi connectivity index (χ4n) is 3.46. The zero-order chi connectivity index (χ0) is 15.4. The van der Waals surface area contributed by atoms with Crippen LogP contribution in [0.5, 0.6) is 0 Å². The van der Waals surface area contributed by atoms with Gasteiger partial charge < -0.3 is 10.6 Å². The molecule has 2 saturated heterocycles. The largest absolute Gasteiger partial charge is 0.342 e. The molecular weight excluding hydrogens is 276 g/mol. The van der Waals surface area contributed by atoms with E-state index in [2.05, 4.69) is 22.0 Å². The molecule has 1 amide bonds. The minimum absolute atomic E-state index is 0.211. The molecule has 0 atom stereocenters. The number of amides is 1. The topological polar surface area (TPSA) is 62.5 Å². The van der Waals surface area contributed by atoms with Crippen molar-refractivity contribution in [2.45, 2.75) is 38.3 Å². The number of carbonyl (C=O) groups is 1. The quantitative estimate of drug-likeness (QED) is 0.912. The van der Waals surface area contributed by atoms with E-state index in [4.69, 9.17) is 5.73 Å². The van der Waals surface area contributed by atoms with Crippen molar-refractivity contribution in [2.75, 3.05) is 26.2 Å². The molecule has 1 aromatic rings. The Morgan fingerprint density at radius 3 is 2.36 bits per heavy atom. The van der Waals surface area contributed by atoms with Gasteiger partial charge in [0.2, 0.25) is 5.91 Å². The molecule has 2 N–H and O–H groups in total. The SMILES string of the molecule is NC1CCN(C(=O)C2CCN(Cc3ccncc3)CC2)CC1. The number of carbonyl (C=O) groups excluding carboxylic acids is 1. The summed E-state index contributed by atoms with van der Waals surface area (Å²) >= 11 is 0. The summed E-state index contributed by atoms with van der Waals surface area (Å²) in [6.07, 6.45) is 7.54. The molecule has 1 aromatic heterocycles. The Morgan fingerprint density at radius 1 is 1.09 bits per heavy atom. The Balaban J connectivity index is 1.46. The van der Waals surface area contributed by atoms with Crippen LogP contribution in [-0.4, -0.2) is 52.9 Å². The highest BCUT2D eigenvalue weighted by atomic mass is 16.2. The zero-order valence-corrected chi connectivity index (χ0v) is 13.2. The third-order valence-corrected chi connectivity index (χ3v) is 4.94. The maximum atomic E-state index is 12.6. The molecule has 5 heteroatoms. The van der Waals surface area contributed by atoms with Gasteiger partial charge >= 0.3 is 0 Å². The second-order valence-electron chi connectivity index (χ2n) is 6.57. The minimum Gasteiger partial charge on any atom is -0.342 e. The number of hydrogen-bond acceptors (Lipinski definition) is 4. The molecule has 120 valence electrons. The number of rotatable bonds is 3. The summed E-state index contributed by atoms with van der Waals surface area (Å²) < 4.78 is 0. The summed E-state index contributed by atoms with van der Waals surface area (Å²) in [4.78, 5) is 21.1. The molecule has 2 fully saturated rings. The van der Waals surface area contributed by atoms with Crippen molar-refractivity contribution in [2.24, 2.45) is 11.7 Å². The molecule has 0 unspecified atom stereocenters. The second kappa shape index (κ2) is 7.20. The molecule has 0 saturated carbocycles. The molecular formula is C17H26N4O. The van der Waals surface area contributed by atoms with E-state index in [9.17, 15) is 4.79 Å². The Morgan fingerprint density at radius 2 is 1.73 bits per heavy atom. The summed E-state index contributed by atoms with van der Waals surface area (Å²) in [7, 11) is 0. The van der Waals surface area contributed by atoms with Crippen LogP contribution in [0.25, 0.3) is 0 Å². The van der Waals surface area contributed by atoms with E-state index in [0.717, 1.165) is 58.4 Å². The molecule has 3 rings (SSSR count). The van der Waals surface area contributed by atoms with Gasteiger partial charge in [0.15, 0.2) is 0 Å². The molecule has 2 aliphatic rings. The lowest BCUT2D eigenvalue weighted by Gasteiger charge is -2.36. The molecule has 5 nitrogen and oxygen atoms in total. The van der Waals surface area contributed by atoms with Gasteiger partial charge in [-0.15, -0.1) is 0 Å². The molecule has 3 heterocycles. The Hall–Kier alpha value is -1.46. The predicted octanol–water partition coefficient (Wildman–Crippen LogP) is 1.24.